The molecular formula is C15H25NO2. The summed E-state index contributed by atoms with van der Waals surface area (Å²) < 4.78 is 5.69. The van der Waals surface area contributed by atoms with Gasteiger partial charge in [-0.15, -0.1) is 0 Å². The van der Waals surface area contributed by atoms with Gasteiger partial charge >= 0.3 is 0 Å². The van der Waals surface area contributed by atoms with Gasteiger partial charge in [-0.25, -0.2) is 0 Å². The molecule has 1 rings (SSSR count). The van der Waals surface area contributed by atoms with Crippen molar-refractivity contribution < 1.29 is 9.84 Å². The van der Waals surface area contributed by atoms with Gasteiger partial charge in [0.1, 0.15) is 12.4 Å². The fraction of sp³-hybridized carbons (Fsp3) is 0.600. The highest BCUT2D eigenvalue weighted by Crippen LogP contribution is 2.15. The van der Waals surface area contributed by atoms with E-state index in [0.717, 1.165) is 12.2 Å². The Morgan fingerprint density at radius 1 is 1.28 bits per heavy atom. The maximum Gasteiger partial charge on any atom is 0.119 e. The van der Waals surface area contributed by atoms with Crippen LogP contribution in [0.2, 0.25) is 0 Å². The smallest absolute Gasteiger partial charge is 0.119 e. The molecule has 18 heavy (non-hydrogen) atoms. The van der Waals surface area contributed by atoms with Crippen molar-refractivity contribution in [1.29, 1.82) is 0 Å². The van der Waals surface area contributed by atoms with Crippen molar-refractivity contribution >= 4 is 0 Å². The van der Waals surface area contributed by atoms with Crippen LogP contribution in [0.4, 0.5) is 0 Å². The Bertz CT molecular complexity index is 331. The number of hydrogen-bond acceptors (Lipinski definition) is 3. The lowest BCUT2D eigenvalue weighted by Gasteiger charge is -2.26. The summed E-state index contributed by atoms with van der Waals surface area (Å²) in [6, 6.07) is 8.22. The Morgan fingerprint density at radius 2 is 1.94 bits per heavy atom. The van der Waals surface area contributed by atoms with Crippen molar-refractivity contribution in [3.63, 3.8) is 0 Å². The van der Waals surface area contributed by atoms with Crippen molar-refractivity contribution in [2.45, 2.75) is 38.6 Å². The number of nitrogens with one attached hydrogen (secondary N) is 1. The minimum absolute atomic E-state index is 0.0537. The van der Waals surface area contributed by atoms with Gasteiger partial charge in [-0.1, -0.05) is 25.5 Å². The molecule has 1 aromatic carbocycles. The zero-order chi connectivity index (χ0) is 13.4. The number of benzene rings is 1. The molecule has 0 bridgehead atoms. The second-order valence-electron chi connectivity index (χ2n) is 5.00. The summed E-state index contributed by atoms with van der Waals surface area (Å²) in [6.07, 6.45) is 3.57. The lowest BCUT2D eigenvalue weighted by atomic mass is 10.1. The third-order valence-corrected chi connectivity index (χ3v) is 3.25. The Balaban J connectivity index is 2.48. The summed E-state index contributed by atoms with van der Waals surface area (Å²) in [5.41, 5.74) is 0.962. The van der Waals surface area contributed by atoms with Crippen LogP contribution >= 0.6 is 0 Å². The van der Waals surface area contributed by atoms with Gasteiger partial charge in [0.2, 0.25) is 0 Å². The normalized spacial score (nSPS) is 14.2. The summed E-state index contributed by atoms with van der Waals surface area (Å²) in [5, 5.41) is 12.3. The molecule has 0 spiro atoms. The number of rotatable bonds is 8. The minimum Gasteiger partial charge on any atom is -0.492 e. The summed E-state index contributed by atoms with van der Waals surface area (Å²) in [4.78, 5) is 0. The van der Waals surface area contributed by atoms with E-state index in [1.54, 1.807) is 0 Å². The molecule has 3 nitrogen and oxygen atoms in total. The fourth-order valence-corrected chi connectivity index (χ4v) is 1.57. The molecule has 1 aromatic rings. The largest absolute Gasteiger partial charge is 0.492 e. The molecule has 0 saturated heterocycles. The molecule has 1 unspecified atom stereocenters. The topological polar surface area (TPSA) is 41.5 Å². The number of aliphatic hydroxyl groups excluding tert-OH is 1. The van der Waals surface area contributed by atoms with E-state index in [1.807, 2.05) is 26.1 Å². The van der Waals surface area contributed by atoms with Crippen molar-refractivity contribution in [3.05, 3.63) is 29.8 Å². The van der Waals surface area contributed by atoms with E-state index in [1.165, 1.54) is 18.4 Å². The predicted octanol–water partition coefficient (Wildman–Crippen LogP) is 2.38. The zero-order valence-corrected chi connectivity index (χ0v) is 11.7. The van der Waals surface area contributed by atoms with Crippen LogP contribution in [0.1, 0.15) is 32.3 Å². The van der Waals surface area contributed by atoms with Crippen LogP contribution in [0, 0.1) is 0 Å². The average Bonchev–Trinajstić information content (AvgIpc) is 2.43. The van der Waals surface area contributed by atoms with Crippen LogP contribution in [0.3, 0.4) is 0 Å². The molecule has 0 amide bonds. The van der Waals surface area contributed by atoms with E-state index in [4.69, 9.17) is 4.74 Å². The molecule has 102 valence electrons. The molecule has 0 aliphatic carbocycles. The quantitative estimate of drug-likeness (QED) is 0.745. The highest BCUT2D eigenvalue weighted by atomic mass is 16.5. The summed E-state index contributed by atoms with van der Waals surface area (Å²) in [5.74, 6) is 0.852. The molecule has 0 aliphatic heterocycles. The Labute approximate surface area is 110 Å². The molecule has 0 aromatic heterocycles. The Morgan fingerprint density at radius 3 is 2.44 bits per heavy atom. The zero-order valence-electron chi connectivity index (χ0n) is 11.7. The predicted molar refractivity (Wildman–Crippen MR) is 75.1 cm³/mol. The van der Waals surface area contributed by atoms with Crippen LogP contribution < -0.4 is 10.1 Å². The third kappa shape index (κ3) is 4.67. The molecular weight excluding hydrogens is 226 g/mol. The first-order chi connectivity index (χ1) is 8.63. The van der Waals surface area contributed by atoms with Gasteiger partial charge < -0.3 is 15.2 Å². The number of ether oxygens (including phenoxy) is 1. The highest BCUT2D eigenvalue weighted by molar-refractivity contribution is 5.27. The van der Waals surface area contributed by atoms with Gasteiger partial charge in [-0.05, 0) is 44.5 Å². The van der Waals surface area contributed by atoms with Crippen molar-refractivity contribution in [3.8, 4) is 5.75 Å². The molecule has 3 heteroatoms. The number of aryl methyl sites for hydroxylation is 1. The maximum atomic E-state index is 9.26. The van der Waals surface area contributed by atoms with E-state index >= 15 is 0 Å². The highest BCUT2D eigenvalue weighted by Gasteiger charge is 2.21. The van der Waals surface area contributed by atoms with E-state index in [2.05, 4.69) is 24.4 Å². The van der Waals surface area contributed by atoms with E-state index in [-0.39, 0.29) is 12.1 Å². The molecule has 0 aliphatic rings. The van der Waals surface area contributed by atoms with Gasteiger partial charge in [0.15, 0.2) is 0 Å². The third-order valence-electron chi connectivity index (χ3n) is 3.25. The van der Waals surface area contributed by atoms with Crippen LogP contribution in [0.5, 0.6) is 5.75 Å². The van der Waals surface area contributed by atoms with Gasteiger partial charge in [0.25, 0.3) is 0 Å². The molecule has 0 saturated carbocycles. The van der Waals surface area contributed by atoms with E-state index in [9.17, 15) is 5.11 Å². The van der Waals surface area contributed by atoms with Gasteiger partial charge in [0, 0.05) is 0 Å². The van der Waals surface area contributed by atoms with E-state index < -0.39 is 0 Å². The standard InChI is InChI=1S/C15H25NO2/c1-4-5-6-13-7-9-14(10-8-13)18-12-15(2,11-17)16-3/h7-10,16-17H,4-6,11-12H2,1-3H3. The monoisotopic (exact) mass is 251 g/mol. The lowest BCUT2D eigenvalue weighted by molar-refractivity contribution is 0.122. The van der Waals surface area contributed by atoms with Crippen LogP contribution in [-0.2, 0) is 6.42 Å². The Kier molecular flexibility index (Phi) is 6.16. The molecule has 0 heterocycles. The van der Waals surface area contributed by atoms with Crippen molar-refractivity contribution in [2.75, 3.05) is 20.3 Å². The average molecular weight is 251 g/mol. The van der Waals surface area contributed by atoms with Crippen LogP contribution in [0.15, 0.2) is 24.3 Å². The fourth-order valence-electron chi connectivity index (χ4n) is 1.57. The van der Waals surface area contributed by atoms with Gasteiger partial charge in [-0.2, -0.15) is 0 Å². The number of unbranched alkanes of at least 4 members (excludes halogenated alkanes) is 1. The van der Waals surface area contributed by atoms with E-state index in [0.29, 0.717) is 6.61 Å². The number of hydrogen-bond donors (Lipinski definition) is 2. The van der Waals surface area contributed by atoms with Crippen LogP contribution in [0.25, 0.3) is 0 Å². The minimum atomic E-state index is -0.388. The number of aliphatic hydroxyl groups is 1. The maximum absolute atomic E-state index is 9.26. The molecule has 0 fully saturated rings. The van der Waals surface area contributed by atoms with Crippen LogP contribution in [-0.4, -0.2) is 30.9 Å². The lowest BCUT2D eigenvalue weighted by Crippen LogP contribution is -2.48. The Hall–Kier alpha value is -1.06. The number of likely N-dealkylation sites (N-methyl/N-ethyl adjacent to an activating group) is 1. The summed E-state index contributed by atoms with van der Waals surface area (Å²) >= 11 is 0. The van der Waals surface area contributed by atoms with Gasteiger partial charge in [0.05, 0.1) is 12.1 Å². The molecule has 0 radical (unpaired) electrons. The summed E-state index contributed by atoms with van der Waals surface area (Å²) in [6.45, 7) is 4.64. The second kappa shape index (κ2) is 7.39. The first-order valence-corrected chi connectivity index (χ1v) is 6.65. The van der Waals surface area contributed by atoms with Crippen molar-refractivity contribution in [1.82, 2.24) is 5.32 Å². The SMILES string of the molecule is CCCCc1ccc(OCC(C)(CO)NC)cc1. The first kappa shape index (κ1) is 15.0. The molecule has 1 atom stereocenters. The second-order valence-corrected chi connectivity index (χ2v) is 5.00. The molecule has 2 N–H and O–H groups in total. The summed E-state index contributed by atoms with van der Waals surface area (Å²) in [7, 11) is 1.83. The van der Waals surface area contributed by atoms with Gasteiger partial charge in [-0.3, -0.25) is 0 Å². The van der Waals surface area contributed by atoms with Crippen molar-refractivity contribution in [2.24, 2.45) is 0 Å². The first-order valence-electron chi connectivity index (χ1n) is 6.65.